The van der Waals surface area contributed by atoms with E-state index in [0.29, 0.717) is 0 Å². The van der Waals surface area contributed by atoms with Gasteiger partial charge in [-0.25, -0.2) is 0 Å². The van der Waals surface area contributed by atoms with Crippen molar-refractivity contribution in [3.05, 3.63) is 0 Å². The van der Waals surface area contributed by atoms with Crippen LogP contribution in [0.15, 0.2) is 0 Å². The zero-order valence-corrected chi connectivity index (χ0v) is 8.62. The molecule has 0 saturated carbocycles. The molecule has 0 aromatic carbocycles. The van der Waals surface area contributed by atoms with Gasteiger partial charge >= 0.3 is 0 Å². The molecule has 78 valence electrons. The third-order valence-electron chi connectivity index (χ3n) is 2.58. The lowest BCUT2D eigenvalue weighted by Gasteiger charge is -2.26. The third kappa shape index (κ3) is 2.74. The van der Waals surface area contributed by atoms with Gasteiger partial charge in [0, 0.05) is 6.54 Å². The molecule has 1 atom stereocenters. The molecule has 0 bridgehead atoms. The molecule has 0 aromatic rings. The van der Waals surface area contributed by atoms with Gasteiger partial charge in [0.2, 0.25) is 0 Å². The zero-order chi connectivity index (χ0) is 10.4. The maximum absolute atomic E-state index is 11.6. The van der Waals surface area contributed by atoms with Gasteiger partial charge in [0.25, 0.3) is 5.91 Å². The van der Waals surface area contributed by atoms with E-state index in [1.54, 1.807) is 11.8 Å². The first kappa shape index (κ1) is 11.1. The van der Waals surface area contributed by atoms with E-state index in [-0.39, 0.29) is 18.6 Å². The highest BCUT2D eigenvalue weighted by Crippen LogP contribution is 2.16. The topological polar surface area (TPSA) is 40.5 Å². The molecule has 1 saturated heterocycles. The zero-order valence-electron chi connectivity index (χ0n) is 8.62. The SMILES string of the molecule is CC#CC(=O)N1CCCCCC1CO. The van der Waals surface area contributed by atoms with Crippen LogP contribution in [0.2, 0.25) is 0 Å². The Kier molecular flexibility index (Phi) is 4.48. The normalized spacial score (nSPS) is 22.1. The van der Waals surface area contributed by atoms with E-state index in [1.807, 2.05) is 0 Å². The highest BCUT2D eigenvalue weighted by atomic mass is 16.3. The summed E-state index contributed by atoms with van der Waals surface area (Å²) in [6.45, 7) is 2.44. The number of likely N-dealkylation sites (tertiary alicyclic amines) is 1. The van der Waals surface area contributed by atoms with Gasteiger partial charge in [-0.2, -0.15) is 0 Å². The van der Waals surface area contributed by atoms with Gasteiger partial charge in [-0.3, -0.25) is 4.79 Å². The monoisotopic (exact) mass is 195 g/mol. The predicted octanol–water partition coefficient (Wildman–Crippen LogP) is 0.773. The number of hydrogen-bond acceptors (Lipinski definition) is 2. The molecule has 0 aromatic heterocycles. The molecular formula is C11H17NO2. The minimum absolute atomic E-state index is 0.0224. The molecule has 1 fully saturated rings. The van der Waals surface area contributed by atoms with Crippen LogP contribution in [-0.4, -0.2) is 35.1 Å². The molecule has 14 heavy (non-hydrogen) atoms. The Bertz CT molecular complexity index is 252. The summed E-state index contributed by atoms with van der Waals surface area (Å²) in [5, 5.41) is 9.16. The first-order valence-electron chi connectivity index (χ1n) is 5.13. The third-order valence-corrected chi connectivity index (χ3v) is 2.58. The number of aliphatic hydroxyl groups is 1. The number of hydrogen-bond donors (Lipinski definition) is 1. The summed E-state index contributed by atoms with van der Waals surface area (Å²) < 4.78 is 0. The molecule has 0 spiro atoms. The first-order valence-corrected chi connectivity index (χ1v) is 5.13. The Hall–Kier alpha value is -1.01. The lowest BCUT2D eigenvalue weighted by Crippen LogP contribution is -2.41. The Balaban J connectivity index is 2.68. The largest absolute Gasteiger partial charge is 0.394 e. The van der Waals surface area contributed by atoms with E-state index in [4.69, 9.17) is 5.11 Å². The van der Waals surface area contributed by atoms with Gasteiger partial charge in [0.15, 0.2) is 0 Å². The second-order valence-electron chi connectivity index (χ2n) is 3.56. The van der Waals surface area contributed by atoms with E-state index in [2.05, 4.69) is 11.8 Å². The highest BCUT2D eigenvalue weighted by molar-refractivity contribution is 5.93. The fourth-order valence-corrected chi connectivity index (χ4v) is 1.81. The second kappa shape index (κ2) is 5.66. The Morgan fingerprint density at radius 3 is 2.93 bits per heavy atom. The number of amides is 1. The summed E-state index contributed by atoms with van der Waals surface area (Å²) in [5.74, 6) is 5.00. The summed E-state index contributed by atoms with van der Waals surface area (Å²) in [5.41, 5.74) is 0. The van der Waals surface area contributed by atoms with Crippen LogP contribution in [0.4, 0.5) is 0 Å². The lowest BCUT2D eigenvalue weighted by atomic mass is 10.1. The van der Waals surface area contributed by atoms with Crippen molar-refractivity contribution in [1.82, 2.24) is 4.90 Å². The summed E-state index contributed by atoms with van der Waals surface area (Å²) in [4.78, 5) is 13.3. The number of carbonyl (C=O) groups is 1. The molecule has 1 rings (SSSR count). The number of carbonyl (C=O) groups excluding carboxylic acids is 1. The molecule has 0 radical (unpaired) electrons. The molecule has 1 unspecified atom stereocenters. The van der Waals surface area contributed by atoms with E-state index in [1.165, 1.54) is 0 Å². The van der Waals surface area contributed by atoms with E-state index in [0.717, 1.165) is 32.2 Å². The van der Waals surface area contributed by atoms with Crippen LogP contribution < -0.4 is 0 Å². The van der Waals surface area contributed by atoms with Crippen molar-refractivity contribution in [2.75, 3.05) is 13.2 Å². The Labute approximate surface area is 85.1 Å². The fourth-order valence-electron chi connectivity index (χ4n) is 1.81. The number of rotatable bonds is 1. The number of aliphatic hydroxyl groups excluding tert-OH is 1. The maximum atomic E-state index is 11.6. The lowest BCUT2D eigenvalue weighted by molar-refractivity contribution is -0.128. The minimum Gasteiger partial charge on any atom is -0.394 e. The average molecular weight is 195 g/mol. The van der Waals surface area contributed by atoms with Crippen molar-refractivity contribution in [2.24, 2.45) is 0 Å². The van der Waals surface area contributed by atoms with E-state index in [9.17, 15) is 4.79 Å². The minimum atomic E-state index is -0.145. The van der Waals surface area contributed by atoms with Crippen molar-refractivity contribution < 1.29 is 9.90 Å². The van der Waals surface area contributed by atoms with Crippen LogP contribution >= 0.6 is 0 Å². The van der Waals surface area contributed by atoms with Gasteiger partial charge in [0.05, 0.1) is 12.6 Å². The van der Waals surface area contributed by atoms with Gasteiger partial charge in [-0.1, -0.05) is 18.8 Å². The fraction of sp³-hybridized carbons (Fsp3) is 0.727. The van der Waals surface area contributed by atoms with E-state index >= 15 is 0 Å². The molecule has 1 heterocycles. The van der Waals surface area contributed by atoms with Crippen molar-refractivity contribution in [3.63, 3.8) is 0 Å². The summed E-state index contributed by atoms with van der Waals surface area (Å²) in [7, 11) is 0. The molecule has 0 aliphatic carbocycles. The molecule has 1 aliphatic heterocycles. The maximum Gasteiger partial charge on any atom is 0.298 e. The quantitative estimate of drug-likeness (QED) is 0.628. The average Bonchev–Trinajstić information content (AvgIpc) is 2.42. The molecule has 1 amide bonds. The van der Waals surface area contributed by atoms with Crippen LogP contribution in [0.3, 0.4) is 0 Å². The summed E-state index contributed by atoms with van der Waals surface area (Å²) >= 11 is 0. The van der Waals surface area contributed by atoms with E-state index < -0.39 is 0 Å². The predicted molar refractivity (Wildman–Crippen MR) is 54.5 cm³/mol. The van der Waals surface area contributed by atoms with Gasteiger partial charge in [-0.05, 0) is 25.7 Å². The van der Waals surface area contributed by atoms with Crippen LogP contribution in [0.5, 0.6) is 0 Å². The highest BCUT2D eigenvalue weighted by Gasteiger charge is 2.23. The number of nitrogens with zero attached hydrogens (tertiary/aromatic N) is 1. The summed E-state index contributed by atoms with van der Waals surface area (Å²) in [6, 6.07) is -0.0224. The van der Waals surface area contributed by atoms with Crippen molar-refractivity contribution in [1.29, 1.82) is 0 Å². The van der Waals surface area contributed by atoms with Crippen molar-refractivity contribution in [2.45, 2.75) is 38.6 Å². The molecular weight excluding hydrogens is 178 g/mol. The van der Waals surface area contributed by atoms with Crippen molar-refractivity contribution in [3.8, 4) is 11.8 Å². The van der Waals surface area contributed by atoms with Crippen LogP contribution in [0, 0.1) is 11.8 Å². The summed E-state index contributed by atoms with van der Waals surface area (Å²) in [6.07, 6.45) is 4.15. The smallest absolute Gasteiger partial charge is 0.298 e. The Morgan fingerprint density at radius 1 is 1.50 bits per heavy atom. The van der Waals surface area contributed by atoms with Gasteiger partial charge in [-0.15, -0.1) is 0 Å². The van der Waals surface area contributed by atoms with Crippen LogP contribution in [0.1, 0.15) is 32.6 Å². The van der Waals surface area contributed by atoms with Gasteiger partial charge < -0.3 is 10.0 Å². The van der Waals surface area contributed by atoms with Gasteiger partial charge in [0.1, 0.15) is 0 Å². The standard InChI is InChI=1S/C11H17NO2/c1-2-6-11(14)12-8-5-3-4-7-10(12)9-13/h10,13H,3-5,7-9H2,1H3. The first-order chi connectivity index (χ1) is 6.79. The Morgan fingerprint density at radius 2 is 2.29 bits per heavy atom. The molecule has 3 heteroatoms. The molecule has 3 nitrogen and oxygen atoms in total. The molecule has 1 N–H and O–H groups in total. The van der Waals surface area contributed by atoms with Crippen LogP contribution in [-0.2, 0) is 4.79 Å². The van der Waals surface area contributed by atoms with Crippen LogP contribution in [0.25, 0.3) is 0 Å². The molecule has 1 aliphatic rings. The second-order valence-corrected chi connectivity index (χ2v) is 3.56. The van der Waals surface area contributed by atoms with Crippen molar-refractivity contribution >= 4 is 5.91 Å².